The van der Waals surface area contributed by atoms with Crippen molar-refractivity contribution in [2.75, 3.05) is 12.4 Å². The fourth-order valence-corrected chi connectivity index (χ4v) is 4.60. The quantitative estimate of drug-likeness (QED) is 0.204. The van der Waals surface area contributed by atoms with E-state index in [1.165, 1.54) is 30.4 Å². The molecule has 40 heavy (non-hydrogen) atoms. The van der Waals surface area contributed by atoms with Crippen molar-refractivity contribution in [2.45, 2.75) is 25.8 Å². The highest BCUT2D eigenvalue weighted by molar-refractivity contribution is 6.31. The Balaban J connectivity index is 1.47. The molecule has 0 radical (unpaired) electrons. The molecule has 3 aromatic heterocycles. The summed E-state index contributed by atoms with van der Waals surface area (Å²) in [4.78, 5) is 11.4. The highest BCUT2D eigenvalue weighted by Gasteiger charge is 2.25. The zero-order valence-corrected chi connectivity index (χ0v) is 22.3. The van der Waals surface area contributed by atoms with Crippen LogP contribution in [0.15, 0.2) is 73.4 Å². The third-order valence-electron chi connectivity index (χ3n) is 6.38. The van der Waals surface area contributed by atoms with E-state index >= 15 is 4.39 Å². The largest absolute Gasteiger partial charge is 0.618 e. The van der Waals surface area contributed by atoms with Crippen LogP contribution in [0.1, 0.15) is 31.5 Å². The molecule has 204 valence electrons. The van der Waals surface area contributed by atoms with E-state index in [9.17, 15) is 10.0 Å². The molecule has 0 saturated carbocycles. The Morgan fingerprint density at radius 3 is 2.60 bits per heavy atom. The molecule has 11 nitrogen and oxygen atoms in total. The molecule has 1 N–H and O–H groups in total. The number of methoxy groups -OCH3 is 1. The predicted molar refractivity (Wildman–Crippen MR) is 145 cm³/mol. The van der Waals surface area contributed by atoms with Crippen molar-refractivity contribution in [3.8, 4) is 27.9 Å². The third kappa shape index (κ3) is 5.34. The lowest BCUT2D eigenvalue weighted by molar-refractivity contribution is -0.615. The first kappa shape index (κ1) is 26.8. The van der Waals surface area contributed by atoms with E-state index in [0.29, 0.717) is 29.1 Å². The van der Waals surface area contributed by atoms with Gasteiger partial charge in [-0.2, -0.15) is 14.5 Å². The standard InChI is InChI=1S/C27H24ClFN8O3/c1-3-4-22(35-14-19(13-31-35)17-5-8-20(9-6-17)32-27(38)40-2)23-11-7-18(15-37(23)39)25-24(36-16-30-33-34-36)12-10-21(28)26(25)29/h5-16,22H,3-4H2,1-2H3,(H,32,38)/t22-/m1/s1. The van der Waals surface area contributed by atoms with Crippen molar-refractivity contribution < 1.29 is 18.7 Å². The van der Waals surface area contributed by atoms with Crippen molar-refractivity contribution in [3.63, 3.8) is 0 Å². The van der Waals surface area contributed by atoms with Crippen molar-refractivity contribution in [1.29, 1.82) is 0 Å². The van der Waals surface area contributed by atoms with E-state index in [2.05, 4.69) is 30.7 Å². The number of nitrogens with zero attached hydrogens (tertiary/aromatic N) is 7. The number of pyridine rings is 1. The fraction of sp³-hybridized carbons (Fsp3) is 0.185. The van der Waals surface area contributed by atoms with E-state index in [0.717, 1.165) is 22.3 Å². The SMILES string of the molecule is CCC[C@H](c1ccc(-c2c(-n3cnnn3)ccc(Cl)c2F)c[n+]1[O-])n1cc(-c2ccc(NC(=O)OC)cc2)cn1. The van der Waals surface area contributed by atoms with Crippen molar-refractivity contribution in [1.82, 2.24) is 30.0 Å². The van der Waals surface area contributed by atoms with Gasteiger partial charge in [0.25, 0.3) is 0 Å². The number of benzene rings is 2. The monoisotopic (exact) mass is 562 g/mol. The van der Waals surface area contributed by atoms with Crippen LogP contribution in [0.25, 0.3) is 27.9 Å². The normalized spacial score (nSPS) is 11.8. The number of hydrogen-bond donors (Lipinski definition) is 1. The molecule has 5 rings (SSSR count). The number of tetrazole rings is 1. The summed E-state index contributed by atoms with van der Waals surface area (Å²) < 4.78 is 23.6. The third-order valence-corrected chi connectivity index (χ3v) is 6.67. The summed E-state index contributed by atoms with van der Waals surface area (Å²) in [5.41, 5.74) is 3.54. The molecular formula is C27H24ClFN8O3. The smallest absolute Gasteiger partial charge is 0.411 e. The summed E-state index contributed by atoms with van der Waals surface area (Å²) in [7, 11) is 1.30. The molecule has 0 aliphatic heterocycles. The lowest BCUT2D eigenvalue weighted by atomic mass is 10.0. The summed E-state index contributed by atoms with van der Waals surface area (Å²) in [6.45, 7) is 2.02. The topological polar surface area (TPSA) is 127 Å². The first-order chi connectivity index (χ1) is 19.4. The summed E-state index contributed by atoms with van der Waals surface area (Å²) in [6.07, 6.45) is 7.12. The van der Waals surface area contributed by atoms with Gasteiger partial charge in [-0.05, 0) is 52.7 Å². The molecule has 0 fully saturated rings. The molecule has 13 heteroatoms. The molecule has 0 unspecified atom stereocenters. The Bertz CT molecular complexity index is 1640. The Hall–Kier alpha value is -4.84. The summed E-state index contributed by atoms with van der Waals surface area (Å²) in [5, 5.41) is 31.5. The number of nitrogens with one attached hydrogen (secondary N) is 1. The highest BCUT2D eigenvalue weighted by atomic mass is 35.5. The number of halogens is 2. The fourth-order valence-electron chi connectivity index (χ4n) is 4.44. The first-order valence-electron chi connectivity index (χ1n) is 12.3. The Morgan fingerprint density at radius 1 is 1.15 bits per heavy atom. The van der Waals surface area contributed by atoms with Crippen LogP contribution in [0.3, 0.4) is 0 Å². The number of hydrogen-bond acceptors (Lipinski definition) is 7. The van der Waals surface area contributed by atoms with Gasteiger partial charge in [-0.25, -0.2) is 9.18 Å². The molecule has 0 bridgehead atoms. The molecule has 0 aliphatic rings. The molecule has 0 saturated heterocycles. The molecule has 3 heterocycles. The average Bonchev–Trinajstić information content (AvgIpc) is 3.67. The highest BCUT2D eigenvalue weighted by Crippen LogP contribution is 2.34. The van der Waals surface area contributed by atoms with Gasteiger partial charge in [-0.3, -0.25) is 10.00 Å². The summed E-state index contributed by atoms with van der Waals surface area (Å²) in [5.74, 6) is -0.683. The van der Waals surface area contributed by atoms with Crippen LogP contribution in [0, 0.1) is 11.0 Å². The van der Waals surface area contributed by atoms with Crippen LogP contribution in [0.2, 0.25) is 5.02 Å². The lowest BCUT2D eigenvalue weighted by Gasteiger charge is -2.18. The van der Waals surface area contributed by atoms with Gasteiger partial charge in [0, 0.05) is 23.5 Å². The number of ether oxygens (including phenoxy) is 1. The van der Waals surface area contributed by atoms with Gasteiger partial charge < -0.3 is 9.94 Å². The number of anilines is 1. The summed E-state index contributed by atoms with van der Waals surface area (Å²) >= 11 is 6.07. The van der Waals surface area contributed by atoms with Crippen molar-refractivity contribution >= 4 is 23.4 Å². The molecule has 2 aromatic carbocycles. The maximum Gasteiger partial charge on any atom is 0.411 e. The number of amides is 1. The van der Waals surface area contributed by atoms with Gasteiger partial charge in [-0.15, -0.1) is 5.10 Å². The zero-order valence-electron chi connectivity index (χ0n) is 21.5. The lowest BCUT2D eigenvalue weighted by Crippen LogP contribution is -2.35. The Kier molecular flexibility index (Phi) is 7.69. The van der Waals surface area contributed by atoms with E-state index in [-0.39, 0.29) is 16.6 Å². The van der Waals surface area contributed by atoms with E-state index in [1.807, 2.05) is 25.3 Å². The van der Waals surface area contributed by atoms with Crippen LogP contribution in [0.4, 0.5) is 14.9 Å². The predicted octanol–water partition coefficient (Wildman–Crippen LogP) is 5.19. The molecule has 0 aliphatic carbocycles. The van der Waals surface area contributed by atoms with Crippen molar-refractivity contribution in [3.05, 3.63) is 95.2 Å². The van der Waals surface area contributed by atoms with Gasteiger partial charge in [0.15, 0.2) is 12.0 Å². The number of carbonyl (C=O) groups is 1. The van der Waals surface area contributed by atoms with E-state index in [1.54, 1.807) is 41.2 Å². The minimum Gasteiger partial charge on any atom is -0.618 e. The van der Waals surface area contributed by atoms with Gasteiger partial charge in [0.2, 0.25) is 5.69 Å². The second kappa shape index (κ2) is 11.5. The average molecular weight is 563 g/mol. The molecule has 5 aromatic rings. The van der Waals surface area contributed by atoms with E-state index < -0.39 is 11.9 Å². The second-order valence-electron chi connectivity index (χ2n) is 8.89. The maximum absolute atomic E-state index is 15.2. The Labute approximate surface area is 233 Å². The van der Waals surface area contributed by atoms with Crippen LogP contribution in [0.5, 0.6) is 0 Å². The van der Waals surface area contributed by atoms with Gasteiger partial charge in [0.05, 0.1) is 35.1 Å². The zero-order chi connectivity index (χ0) is 28.2. The minimum atomic E-state index is -0.683. The maximum atomic E-state index is 15.2. The number of aromatic nitrogens is 7. The van der Waals surface area contributed by atoms with Gasteiger partial charge >= 0.3 is 6.09 Å². The number of carbonyl (C=O) groups excluding carboxylic acids is 1. The van der Waals surface area contributed by atoms with Crippen LogP contribution in [-0.2, 0) is 4.74 Å². The van der Waals surface area contributed by atoms with Crippen LogP contribution in [-0.4, -0.2) is 43.2 Å². The van der Waals surface area contributed by atoms with Crippen LogP contribution >= 0.6 is 11.6 Å². The molecular weight excluding hydrogens is 539 g/mol. The first-order valence-corrected chi connectivity index (χ1v) is 12.7. The van der Waals surface area contributed by atoms with E-state index in [4.69, 9.17) is 11.6 Å². The molecule has 0 spiro atoms. The number of rotatable bonds is 8. The van der Waals surface area contributed by atoms with Gasteiger partial charge in [-0.1, -0.05) is 37.1 Å². The molecule has 1 amide bonds. The molecule has 1 atom stereocenters. The van der Waals surface area contributed by atoms with Crippen LogP contribution < -0.4 is 10.0 Å². The second-order valence-corrected chi connectivity index (χ2v) is 9.29. The Morgan fingerprint density at radius 2 is 1.93 bits per heavy atom. The van der Waals surface area contributed by atoms with Crippen molar-refractivity contribution in [2.24, 2.45) is 0 Å². The van der Waals surface area contributed by atoms with Gasteiger partial charge in [0.1, 0.15) is 12.4 Å². The minimum absolute atomic E-state index is 0.0876. The summed E-state index contributed by atoms with van der Waals surface area (Å²) in [6, 6.07) is 13.2.